The molecule has 0 unspecified atom stereocenters. The van der Waals surface area contributed by atoms with Crippen molar-refractivity contribution in [2.75, 3.05) is 0 Å². The van der Waals surface area contributed by atoms with Gasteiger partial charge in [0.15, 0.2) is 18.9 Å². The first kappa shape index (κ1) is 12.6. The van der Waals surface area contributed by atoms with Gasteiger partial charge < -0.3 is 0 Å². The van der Waals surface area contributed by atoms with Crippen LogP contribution in [0.25, 0.3) is 10.8 Å². The summed E-state index contributed by atoms with van der Waals surface area (Å²) < 4.78 is 1.65. The maximum Gasteiger partial charge on any atom is 0.560 e. The summed E-state index contributed by atoms with van der Waals surface area (Å²) in [5, 5.41) is 22.9. The second-order valence-electron chi connectivity index (χ2n) is 3.85. The monoisotopic (exact) mass is 260 g/mol. The van der Waals surface area contributed by atoms with Crippen LogP contribution < -0.4 is 4.57 Å². The Kier molecular flexibility index (Phi) is 3.46. The number of aromatic nitrogens is 1. The molecule has 0 aliphatic carbocycles. The summed E-state index contributed by atoms with van der Waals surface area (Å²) >= 11 is 0. The van der Waals surface area contributed by atoms with Crippen molar-refractivity contribution in [3.8, 4) is 0 Å². The van der Waals surface area contributed by atoms with E-state index in [0.717, 1.165) is 16.8 Å². The minimum atomic E-state index is -1.01. The molecule has 0 aliphatic heterocycles. The summed E-state index contributed by atoms with van der Waals surface area (Å²) in [6.07, 6.45) is 4.48. The topological polar surface area (TPSA) is 90.2 Å². The molecule has 0 radical (unpaired) electrons. The van der Waals surface area contributed by atoms with Crippen molar-refractivity contribution in [2.45, 2.75) is 6.54 Å². The summed E-state index contributed by atoms with van der Waals surface area (Å²) in [5.41, 5.74) is 0. The lowest BCUT2D eigenvalue weighted by molar-refractivity contribution is -0.689. The Morgan fingerprint density at radius 2 is 1.74 bits per heavy atom. The molecule has 0 N–H and O–H groups in total. The van der Waals surface area contributed by atoms with Gasteiger partial charge in [0.1, 0.15) is 15.9 Å². The minimum Gasteiger partial charge on any atom is -0.253 e. The first-order valence-electron chi connectivity index (χ1n) is 5.45. The zero-order chi connectivity index (χ0) is 13.8. The first-order valence-corrected chi connectivity index (χ1v) is 5.45. The Morgan fingerprint density at radius 3 is 2.37 bits per heavy atom. The molecule has 7 heteroatoms. The smallest absolute Gasteiger partial charge is 0.253 e. The van der Waals surface area contributed by atoms with Crippen molar-refractivity contribution in [2.24, 2.45) is 0 Å². The van der Waals surface area contributed by atoms with Gasteiger partial charge in [-0.3, -0.25) is 20.2 Å². The van der Waals surface area contributed by atoms with Gasteiger partial charge in [-0.15, -0.1) is 0 Å². The van der Waals surface area contributed by atoms with Crippen LogP contribution in [0.2, 0.25) is 0 Å². The van der Waals surface area contributed by atoms with Gasteiger partial charge in [0.25, 0.3) is 0 Å². The lowest BCUT2D eigenvalue weighted by atomic mass is 10.2. The standard InChI is InChI=1S/C12H10N3O4/c16-14(17)12(15(18)19)6-8-13-7-5-10-3-1-2-4-11(10)9-13/h1-7,9H,8H2/q+1. The second-order valence-corrected chi connectivity index (χ2v) is 3.85. The predicted octanol–water partition coefficient (Wildman–Crippen LogP) is 1.52. The van der Waals surface area contributed by atoms with Crippen molar-refractivity contribution in [1.29, 1.82) is 0 Å². The zero-order valence-electron chi connectivity index (χ0n) is 9.80. The Balaban J connectivity index is 2.28. The normalized spacial score (nSPS) is 10.1. The maximum absolute atomic E-state index is 10.5. The average molecular weight is 260 g/mol. The Hall–Kier alpha value is -2.83. The summed E-state index contributed by atoms with van der Waals surface area (Å²) in [7, 11) is 0. The Morgan fingerprint density at radius 1 is 1.11 bits per heavy atom. The molecule has 0 aliphatic rings. The number of rotatable bonds is 4. The molecule has 19 heavy (non-hydrogen) atoms. The van der Waals surface area contributed by atoms with Crippen LogP contribution in [-0.2, 0) is 6.54 Å². The van der Waals surface area contributed by atoms with Gasteiger partial charge >= 0.3 is 5.82 Å². The van der Waals surface area contributed by atoms with Crippen LogP contribution in [0.3, 0.4) is 0 Å². The minimum absolute atomic E-state index is 0.0716. The molecule has 0 amide bonds. The molecule has 96 valence electrons. The van der Waals surface area contributed by atoms with Crippen molar-refractivity contribution in [3.63, 3.8) is 0 Å². The Labute approximate surface area is 107 Å². The van der Waals surface area contributed by atoms with Crippen molar-refractivity contribution in [1.82, 2.24) is 0 Å². The number of pyridine rings is 1. The van der Waals surface area contributed by atoms with Crippen LogP contribution in [0.15, 0.2) is 54.6 Å². The molecule has 1 heterocycles. The predicted molar refractivity (Wildman–Crippen MR) is 66.2 cm³/mol. The van der Waals surface area contributed by atoms with Crippen LogP contribution in [-0.4, -0.2) is 9.85 Å². The van der Waals surface area contributed by atoms with Gasteiger partial charge in [0.2, 0.25) is 0 Å². The van der Waals surface area contributed by atoms with E-state index < -0.39 is 15.7 Å². The molecule has 1 aromatic heterocycles. The molecule has 2 rings (SSSR count). The molecule has 0 saturated heterocycles. The van der Waals surface area contributed by atoms with Gasteiger partial charge in [-0.05, 0) is 11.5 Å². The fraction of sp³-hybridized carbons (Fsp3) is 0.0833. The first-order chi connectivity index (χ1) is 9.08. The maximum atomic E-state index is 10.5. The van der Waals surface area contributed by atoms with Gasteiger partial charge in [0, 0.05) is 11.5 Å². The number of nitrogens with zero attached hydrogens (tertiary/aromatic N) is 3. The molecule has 2 aromatic rings. The molecular weight excluding hydrogens is 250 g/mol. The third-order valence-electron chi connectivity index (χ3n) is 2.61. The van der Waals surface area contributed by atoms with Crippen molar-refractivity contribution >= 4 is 10.8 Å². The van der Waals surface area contributed by atoms with Crippen LogP contribution in [0.1, 0.15) is 0 Å². The third kappa shape index (κ3) is 2.89. The van der Waals surface area contributed by atoms with Gasteiger partial charge in [0.05, 0.1) is 0 Å². The highest BCUT2D eigenvalue weighted by molar-refractivity contribution is 5.80. The fourth-order valence-corrected chi connectivity index (χ4v) is 1.69. The van der Waals surface area contributed by atoms with E-state index in [1.165, 1.54) is 0 Å². The molecule has 7 nitrogen and oxygen atoms in total. The quantitative estimate of drug-likeness (QED) is 0.473. The molecule has 0 atom stereocenters. The van der Waals surface area contributed by atoms with Crippen LogP contribution in [0, 0.1) is 20.2 Å². The number of fused-ring (bicyclic) bond motifs is 1. The van der Waals surface area contributed by atoms with E-state index in [4.69, 9.17) is 0 Å². The lowest BCUT2D eigenvalue weighted by Gasteiger charge is -1.95. The number of benzene rings is 1. The zero-order valence-corrected chi connectivity index (χ0v) is 9.80. The highest BCUT2D eigenvalue weighted by Gasteiger charge is 2.25. The average Bonchev–Trinajstić information content (AvgIpc) is 2.38. The summed E-state index contributed by atoms with van der Waals surface area (Å²) in [6.45, 7) is 0.0716. The van der Waals surface area contributed by atoms with E-state index in [1.807, 2.05) is 30.3 Å². The van der Waals surface area contributed by atoms with Crippen LogP contribution in [0.5, 0.6) is 0 Å². The second kappa shape index (κ2) is 5.21. The summed E-state index contributed by atoms with van der Waals surface area (Å²) in [6, 6.07) is 9.47. The molecule has 0 saturated carbocycles. The molecule has 0 fully saturated rings. The summed E-state index contributed by atoms with van der Waals surface area (Å²) in [5.74, 6) is -1.01. The number of hydrogen-bond acceptors (Lipinski definition) is 4. The fourth-order valence-electron chi connectivity index (χ4n) is 1.69. The van der Waals surface area contributed by atoms with Gasteiger partial charge in [-0.1, -0.05) is 18.2 Å². The number of nitro groups is 2. The molecule has 0 bridgehead atoms. The Bertz CT molecular complexity index is 665. The largest absolute Gasteiger partial charge is 0.560 e. The number of allylic oxidation sites excluding steroid dienone is 1. The molecular formula is C12H10N3O4+. The third-order valence-corrected chi connectivity index (χ3v) is 2.61. The van der Waals surface area contributed by atoms with E-state index in [9.17, 15) is 20.2 Å². The van der Waals surface area contributed by atoms with E-state index in [-0.39, 0.29) is 6.54 Å². The van der Waals surface area contributed by atoms with E-state index in [1.54, 1.807) is 17.0 Å². The highest BCUT2D eigenvalue weighted by atomic mass is 16.7. The molecule has 0 spiro atoms. The van der Waals surface area contributed by atoms with E-state index in [0.29, 0.717) is 0 Å². The van der Waals surface area contributed by atoms with Crippen molar-refractivity contribution in [3.05, 3.63) is 74.9 Å². The van der Waals surface area contributed by atoms with E-state index in [2.05, 4.69) is 0 Å². The van der Waals surface area contributed by atoms with Gasteiger partial charge in [-0.25, -0.2) is 4.57 Å². The number of hydrogen-bond donors (Lipinski definition) is 0. The molecule has 1 aromatic carbocycles. The highest BCUT2D eigenvalue weighted by Crippen LogP contribution is 2.09. The summed E-state index contributed by atoms with van der Waals surface area (Å²) in [4.78, 5) is 18.9. The SMILES string of the molecule is O=[N+]([O-])C(=CC[n+]1ccc2ccccc2c1)[N+](=O)[O-]. The van der Waals surface area contributed by atoms with Crippen LogP contribution in [0.4, 0.5) is 0 Å². The van der Waals surface area contributed by atoms with Crippen molar-refractivity contribution < 1.29 is 14.4 Å². The van der Waals surface area contributed by atoms with Gasteiger partial charge in [-0.2, -0.15) is 0 Å². The van der Waals surface area contributed by atoms with E-state index >= 15 is 0 Å². The lowest BCUT2D eigenvalue weighted by Crippen LogP contribution is -2.32. The van der Waals surface area contributed by atoms with Crippen LogP contribution >= 0.6 is 0 Å².